The van der Waals surface area contributed by atoms with Crippen molar-refractivity contribution in [1.82, 2.24) is 5.32 Å². The third kappa shape index (κ3) is 9.47. The summed E-state index contributed by atoms with van der Waals surface area (Å²) in [5, 5.41) is 2.83. The van der Waals surface area contributed by atoms with E-state index in [0.29, 0.717) is 0 Å². The highest BCUT2D eigenvalue weighted by molar-refractivity contribution is 6.74. The Kier molecular flexibility index (Phi) is 10.6. The van der Waals surface area contributed by atoms with Crippen LogP contribution in [0.4, 0.5) is 4.79 Å². The molecule has 0 saturated carbocycles. The summed E-state index contributed by atoms with van der Waals surface area (Å²) in [5.74, 6) is -1.40. The van der Waals surface area contributed by atoms with E-state index >= 15 is 0 Å². The molecule has 0 radical (unpaired) electrons. The van der Waals surface area contributed by atoms with E-state index < -0.39 is 50.0 Å². The molecule has 1 rings (SSSR count). The zero-order valence-corrected chi connectivity index (χ0v) is 24.5. The number of carbonyl (C=O) groups excluding carboxylic acids is 2. The number of amides is 1. The number of carbonyl (C=O) groups is 2. The number of methoxy groups -OCH3 is 1. The zero-order valence-electron chi connectivity index (χ0n) is 23.5. The third-order valence-corrected chi connectivity index (χ3v) is 11.0. The van der Waals surface area contributed by atoms with Gasteiger partial charge < -0.3 is 28.7 Å². The molecule has 1 N–H and O–H groups in total. The van der Waals surface area contributed by atoms with Crippen LogP contribution in [0.25, 0.3) is 0 Å². The van der Waals surface area contributed by atoms with Crippen molar-refractivity contribution in [2.45, 2.75) is 129 Å². The van der Waals surface area contributed by atoms with E-state index in [1.54, 1.807) is 20.8 Å². The van der Waals surface area contributed by atoms with E-state index in [1.807, 2.05) is 13.8 Å². The molecule has 1 fully saturated rings. The van der Waals surface area contributed by atoms with Gasteiger partial charge in [-0.1, -0.05) is 34.1 Å². The quantitative estimate of drug-likeness (QED) is 0.242. The summed E-state index contributed by atoms with van der Waals surface area (Å²) in [6.45, 7) is 23.0. The predicted molar refractivity (Wildman–Crippen MR) is 135 cm³/mol. The Morgan fingerprint density at radius 3 is 2.09 bits per heavy atom. The van der Waals surface area contributed by atoms with Crippen molar-refractivity contribution >= 4 is 20.4 Å². The number of hydrogen-bond acceptors (Lipinski definition) is 7. The van der Waals surface area contributed by atoms with Crippen molar-refractivity contribution in [1.29, 1.82) is 0 Å². The van der Waals surface area contributed by atoms with Crippen LogP contribution in [0.15, 0.2) is 0 Å². The fourth-order valence-corrected chi connectivity index (χ4v) is 4.72. The summed E-state index contributed by atoms with van der Waals surface area (Å²) in [6, 6.07) is -1.05. The van der Waals surface area contributed by atoms with E-state index in [2.05, 4.69) is 46.1 Å². The Balaban J connectivity index is 2.82. The van der Waals surface area contributed by atoms with Crippen molar-refractivity contribution in [2.75, 3.05) is 13.7 Å². The molecule has 0 spiro atoms. The molecular formula is C25H49NO7Si. The molecule has 1 aliphatic heterocycles. The fraction of sp³-hybridized carbons (Fsp3) is 0.920. The van der Waals surface area contributed by atoms with E-state index in [9.17, 15) is 9.59 Å². The Morgan fingerprint density at radius 1 is 1.03 bits per heavy atom. The van der Waals surface area contributed by atoms with Crippen molar-refractivity contribution in [3.05, 3.63) is 0 Å². The molecule has 8 nitrogen and oxygen atoms in total. The van der Waals surface area contributed by atoms with Gasteiger partial charge in [0, 0.05) is 6.61 Å². The fourth-order valence-electron chi connectivity index (χ4n) is 3.63. The highest BCUT2D eigenvalue weighted by atomic mass is 28.4. The largest absolute Gasteiger partial charge is 0.467 e. The lowest BCUT2D eigenvalue weighted by Gasteiger charge is -2.36. The van der Waals surface area contributed by atoms with Crippen LogP contribution in [0.1, 0.15) is 81.6 Å². The average Bonchev–Trinajstić information content (AvgIpc) is 2.98. The molecule has 0 aliphatic carbocycles. The molecule has 1 amide bonds. The van der Waals surface area contributed by atoms with Crippen LogP contribution in [0.3, 0.4) is 0 Å². The molecule has 0 unspecified atom stereocenters. The van der Waals surface area contributed by atoms with Gasteiger partial charge in [-0.2, -0.15) is 0 Å². The Bertz CT molecular complexity index is 682. The molecule has 34 heavy (non-hydrogen) atoms. The first-order valence-electron chi connectivity index (χ1n) is 12.4. The van der Waals surface area contributed by atoms with Crippen LogP contribution in [0.5, 0.6) is 0 Å². The topological polar surface area (TPSA) is 92.3 Å². The number of nitrogens with one attached hydrogen (secondary N) is 1. The smallest absolute Gasteiger partial charge is 0.408 e. The molecule has 0 aromatic carbocycles. The lowest BCUT2D eigenvalue weighted by Crippen LogP contribution is -2.54. The monoisotopic (exact) mass is 503 g/mol. The van der Waals surface area contributed by atoms with Crippen LogP contribution in [-0.4, -0.2) is 63.7 Å². The van der Waals surface area contributed by atoms with Crippen LogP contribution in [0.2, 0.25) is 18.1 Å². The first-order chi connectivity index (χ1) is 15.3. The van der Waals surface area contributed by atoms with E-state index in [0.717, 1.165) is 25.9 Å². The minimum absolute atomic E-state index is 0.0900. The van der Waals surface area contributed by atoms with Gasteiger partial charge in [0.25, 0.3) is 0 Å². The van der Waals surface area contributed by atoms with Gasteiger partial charge in [-0.15, -0.1) is 0 Å². The summed E-state index contributed by atoms with van der Waals surface area (Å²) in [5.41, 5.74) is -0.698. The number of hydrogen-bond donors (Lipinski definition) is 1. The molecule has 200 valence electrons. The highest BCUT2D eigenvalue weighted by Crippen LogP contribution is 2.37. The maximum Gasteiger partial charge on any atom is 0.408 e. The van der Waals surface area contributed by atoms with Gasteiger partial charge in [0.15, 0.2) is 20.1 Å². The molecule has 9 heteroatoms. The Hall–Kier alpha value is -1.16. The van der Waals surface area contributed by atoms with Gasteiger partial charge in [0.1, 0.15) is 11.7 Å². The summed E-state index contributed by atoms with van der Waals surface area (Å²) < 4.78 is 28.9. The number of unbranched alkanes of at least 4 members (excludes halogenated alkanes) is 1. The second kappa shape index (κ2) is 11.7. The minimum Gasteiger partial charge on any atom is -0.467 e. The molecule has 4 atom stereocenters. The van der Waals surface area contributed by atoms with E-state index in [4.69, 9.17) is 23.4 Å². The second-order valence-electron chi connectivity index (χ2n) is 12.3. The third-order valence-electron chi connectivity index (χ3n) is 6.50. The van der Waals surface area contributed by atoms with Gasteiger partial charge in [-0.05, 0) is 71.5 Å². The maximum absolute atomic E-state index is 12.6. The summed E-state index contributed by atoms with van der Waals surface area (Å²) in [6.07, 6.45) is 0.997. The number of alkyl carbamates (subject to hydrolysis) is 1. The molecule has 0 bridgehead atoms. The van der Waals surface area contributed by atoms with Gasteiger partial charge in [0.2, 0.25) is 0 Å². The average molecular weight is 504 g/mol. The molecule has 0 aromatic heterocycles. The van der Waals surface area contributed by atoms with Gasteiger partial charge in [-0.3, -0.25) is 0 Å². The highest BCUT2D eigenvalue weighted by Gasteiger charge is 2.50. The van der Waals surface area contributed by atoms with Crippen LogP contribution >= 0.6 is 0 Å². The van der Waals surface area contributed by atoms with Crippen LogP contribution < -0.4 is 5.32 Å². The number of rotatable bonds is 10. The standard InChI is InChI=1S/C25H49NO7Si/c1-17(15-13-14-16-30-34(11,12)24(5,6)7)19-20(32-25(8,9)31-19)18(21(27)29-10)26-22(28)33-23(2,3)4/h17-20H,13-16H2,1-12H3,(H,26,28)/t17-,18+,19-,20-/m0/s1. The molecule has 1 aliphatic rings. The lowest BCUT2D eigenvalue weighted by molar-refractivity contribution is -0.159. The van der Waals surface area contributed by atoms with E-state index in [1.165, 1.54) is 7.11 Å². The van der Waals surface area contributed by atoms with Crippen molar-refractivity contribution in [3.8, 4) is 0 Å². The van der Waals surface area contributed by atoms with Crippen LogP contribution in [0, 0.1) is 5.92 Å². The molecule has 1 heterocycles. The van der Waals surface area contributed by atoms with E-state index in [-0.39, 0.29) is 11.0 Å². The lowest BCUT2D eigenvalue weighted by atomic mass is 9.91. The van der Waals surface area contributed by atoms with Gasteiger partial charge >= 0.3 is 12.1 Å². The normalized spacial score (nSPS) is 22.7. The second-order valence-corrected chi connectivity index (χ2v) is 17.1. The summed E-state index contributed by atoms with van der Waals surface area (Å²) in [4.78, 5) is 25.0. The minimum atomic E-state index is -1.75. The van der Waals surface area contributed by atoms with Crippen molar-refractivity contribution in [2.24, 2.45) is 5.92 Å². The number of ether oxygens (including phenoxy) is 4. The molecule has 1 saturated heterocycles. The van der Waals surface area contributed by atoms with Crippen LogP contribution in [-0.2, 0) is 28.2 Å². The van der Waals surface area contributed by atoms with Gasteiger partial charge in [0.05, 0.1) is 13.2 Å². The Morgan fingerprint density at radius 2 is 1.59 bits per heavy atom. The SMILES string of the molecule is COC(=O)[C@H](NC(=O)OC(C)(C)C)[C@@H]1OC(C)(C)O[C@H]1[C@@H](C)CCCCO[Si](C)(C)C(C)(C)C. The van der Waals surface area contributed by atoms with Gasteiger partial charge in [-0.25, -0.2) is 9.59 Å². The molecular weight excluding hydrogens is 454 g/mol. The number of esters is 1. The first-order valence-corrected chi connectivity index (χ1v) is 15.3. The zero-order chi connectivity index (χ0) is 26.5. The summed E-state index contributed by atoms with van der Waals surface area (Å²) in [7, 11) is -0.465. The van der Waals surface area contributed by atoms with Crippen molar-refractivity contribution in [3.63, 3.8) is 0 Å². The molecule has 0 aromatic rings. The summed E-state index contributed by atoms with van der Waals surface area (Å²) >= 11 is 0. The maximum atomic E-state index is 12.6. The predicted octanol–water partition coefficient (Wildman–Crippen LogP) is 5.40. The van der Waals surface area contributed by atoms with Crippen molar-refractivity contribution < 1.29 is 33.0 Å². The Labute approximate surface area is 207 Å². The first kappa shape index (κ1) is 30.9.